The molecule has 1 unspecified atom stereocenters. The number of amides is 1. The van der Waals surface area contributed by atoms with Crippen LogP contribution in [0.3, 0.4) is 0 Å². The zero-order valence-electron chi connectivity index (χ0n) is 17.5. The van der Waals surface area contributed by atoms with E-state index in [2.05, 4.69) is 4.98 Å². The van der Waals surface area contributed by atoms with Gasteiger partial charge in [-0.05, 0) is 49.2 Å². The highest BCUT2D eigenvalue weighted by Gasteiger charge is 2.48. The third kappa shape index (κ3) is 3.46. The highest BCUT2D eigenvalue weighted by molar-refractivity contribution is 6.51. The fraction of sp³-hybridized carbons (Fsp3) is 0.160. The first-order valence-electron chi connectivity index (χ1n) is 9.85. The molecule has 0 aliphatic carbocycles. The predicted octanol–water partition coefficient (Wildman–Crippen LogP) is 4.33. The Balaban J connectivity index is 2.03. The number of anilines is 1. The molecule has 1 aliphatic heterocycles. The van der Waals surface area contributed by atoms with Gasteiger partial charge < -0.3 is 9.84 Å². The van der Waals surface area contributed by atoms with Crippen LogP contribution in [0.25, 0.3) is 5.76 Å². The summed E-state index contributed by atoms with van der Waals surface area (Å²) >= 11 is 0. The zero-order valence-corrected chi connectivity index (χ0v) is 17.5. The van der Waals surface area contributed by atoms with E-state index < -0.39 is 17.7 Å². The van der Waals surface area contributed by atoms with Crippen molar-refractivity contribution in [1.29, 1.82) is 0 Å². The first kappa shape index (κ1) is 20.3. The molecule has 1 fully saturated rings. The lowest BCUT2D eigenvalue weighted by Crippen LogP contribution is -2.30. The maximum atomic E-state index is 13.3. The van der Waals surface area contributed by atoms with Gasteiger partial charge in [0, 0.05) is 29.2 Å². The van der Waals surface area contributed by atoms with E-state index in [1.165, 1.54) is 24.4 Å². The largest absolute Gasteiger partial charge is 0.507 e. The first-order chi connectivity index (χ1) is 14.9. The monoisotopic (exact) mass is 414 g/mol. The summed E-state index contributed by atoms with van der Waals surface area (Å²) < 4.78 is 5.54. The molecule has 31 heavy (non-hydrogen) atoms. The second kappa shape index (κ2) is 8.07. The number of Topliss-reactive ketones (excluding diaryl/α,β-unsaturated/α-hetero) is 1. The number of hydrogen-bond acceptors (Lipinski definition) is 5. The number of carbonyl (C=O) groups is 2. The van der Waals surface area contributed by atoms with Crippen molar-refractivity contribution in [1.82, 2.24) is 4.98 Å². The summed E-state index contributed by atoms with van der Waals surface area (Å²) in [7, 11) is 1.53. The molecule has 1 aliphatic rings. The van der Waals surface area contributed by atoms with Crippen molar-refractivity contribution >= 4 is 23.1 Å². The molecular formula is C25H22N2O4. The molecule has 3 aromatic rings. The van der Waals surface area contributed by atoms with Gasteiger partial charge >= 0.3 is 0 Å². The Bertz CT molecular complexity index is 1200. The van der Waals surface area contributed by atoms with Crippen LogP contribution in [0.15, 0.2) is 72.6 Å². The van der Waals surface area contributed by atoms with Crippen molar-refractivity contribution in [2.24, 2.45) is 0 Å². The molecule has 1 saturated heterocycles. The Kier molecular flexibility index (Phi) is 5.29. The quantitative estimate of drug-likeness (QED) is 0.390. The molecular weight excluding hydrogens is 392 g/mol. The summed E-state index contributed by atoms with van der Waals surface area (Å²) in [5.74, 6) is -1.17. The van der Waals surface area contributed by atoms with Crippen LogP contribution in [-0.2, 0) is 9.59 Å². The number of carbonyl (C=O) groups excluding carboxylic acids is 2. The fourth-order valence-electron chi connectivity index (χ4n) is 3.91. The Morgan fingerprint density at radius 1 is 1.03 bits per heavy atom. The highest BCUT2D eigenvalue weighted by Crippen LogP contribution is 2.45. The number of ether oxygens (including phenoxy) is 1. The molecule has 1 amide bonds. The van der Waals surface area contributed by atoms with Gasteiger partial charge in [0.15, 0.2) is 0 Å². The van der Waals surface area contributed by atoms with E-state index in [4.69, 9.17) is 4.74 Å². The Hall–Kier alpha value is -3.93. The molecule has 0 saturated carbocycles. The van der Waals surface area contributed by atoms with Crippen LogP contribution in [0.1, 0.15) is 28.3 Å². The van der Waals surface area contributed by atoms with E-state index >= 15 is 0 Å². The number of aliphatic hydroxyl groups excluding tert-OH is 1. The van der Waals surface area contributed by atoms with Crippen LogP contribution in [0.5, 0.6) is 5.75 Å². The molecule has 1 atom stereocenters. The van der Waals surface area contributed by atoms with Gasteiger partial charge in [0.25, 0.3) is 11.7 Å². The SMILES string of the molecule is COc1ccccc1C1/C(=C(\O)c2ccncc2)C(=O)C(=O)N1c1cc(C)ccc1C. The minimum Gasteiger partial charge on any atom is -0.507 e. The maximum Gasteiger partial charge on any atom is 0.300 e. The second-order valence-corrected chi connectivity index (χ2v) is 7.44. The number of methoxy groups -OCH3 is 1. The number of aryl methyl sites for hydroxylation is 2. The summed E-state index contributed by atoms with van der Waals surface area (Å²) in [5, 5.41) is 11.1. The zero-order chi connectivity index (χ0) is 22.1. The van der Waals surface area contributed by atoms with Gasteiger partial charge in [-0.2, -0.15) is 0 Å². The molecule has 1 aromatic heterocycles. The van der Waals surface area contributed by atoms with Crippen LogP contribution < -0.4 is 9.64 Å². The standard InChI is InChI=1S/C25H22N2O4/c1-15-8-9-16(2)19(14-15)27-22(18-6-4-5-7-20(18)31-3)21(24(29)25(27)30)23(28)17-10-12-26-13-11-17/h4-14,22,28H,1-3H3/b23-21+. The normalized spacial score (nSPS) is 17.8. The summed E-state index contributed by atoms with van der Waals surface area (Å²) in [5.41, 5.74) is 3.45. The van der Waals surface area contributed by atoms with Crippen molar-refractivity contribution in [3.8, 4) is 5.75 Å². The lowest BCUT2D eigenvalue weighted by molar-refractivity contribution is -0.132. The van der Waals surface area contributed by atoms with Crippen molar-refractivity contribution < 1.29 is 19.4 Å². The van der Waals surface area contributed by atoms with Crippen molar-refractivity contribution in [3.05, 3.63) is 94.8 Å². The number of benzene rings is 2. The highest BCUT2D eigenvalue weighted by atomic mass is 16.5. The van der Waals surface area contributed by atoms with E-state index in [0.717, 1.165) is 11.1 Å². The molecule has 156 valence electrons. The number of rotatable bonds is 4. The molecule has 0 bridgehead atoms. The van der Waals surface area contributed by atoms with Crippen molar-refractivity contribution in [3.63, 3.8) is 0 Å². The van der Waals surface area contributed by atoms with E-state index in [-0.39, 0.29) is 11.3 Å². The van der Waals surface area contributed by atoms with Crippen LogP contribution in [0, 0.1) is 13.8 Å². The van der Waals surface area contributed by atoms with Gasteiger partial charge in [-0.25, -0.2) is 0 Å². The molecule has 6 heteroatoms. The van der Waals surface area contributed by atoms with E-state index in [1.807, 2.05) is 44.2 Å². The molecule has 4 rings (SSSR count). The summed E-state index contributed by atoms with van der Waals surface area (Å²) in [4.78, 5) is 31.9. The van der Waals surface area contributed by atoms with Crippen molar-refractivity contribution in [2.75, 3.05) is 12.0 Å². The van der Waals surface area contributed by atoms with E-state index in [9.17, 15) is 14.7 Å². The minimum absolute atomic E-state index is 0.0154. The topological polar surface area (TPSA) is 79.7 Å². The number of nitrogens with zero attached hydrogens (tertiary/aromatic N) is 2. The van der Waals surface area contributed by atoms with Crippen LogP contribution in [0.4, 0.5) is 5.69 Å². The summed E-state index contributed by atoms with van der Waals surface area (Å²) in [6, 6.07) is 15.3. The molecule has 0 radical (unpaired) electrons. The molecule has 0 spiro atoms. The lowest BCUT2D eigenvalue weighted by Gasteiger charge is -2.28. The van der Waals surface area contributed by atoms with Gasteiger partial charge in [0.2, 0.25) is 0 Å². The number of hydrogen-bond donors (Lipinski definition) is 1. The van der Waals surface area contributed by atoms with Gasteiger partial charge in [0.05, 0.1) is 18.7 Å². The molecule has 2 aromatic carbocycles. The average molecular weight is 414 g/mol. The van der Waals surface area contributed by atoms with Gasteiger partial charge in [-0.15, -0.1) is 0 Å². The van der Waals surface area contributed by atoms with Crippen LogP contribution in [-0.4, -0.2) is 28.9 Å². The van der Waals surface area contributed by atoms with Gasteiger partial charge in [0.1, 0.15) is 11.5 Å². The fourth-order valence-corrected chi connectivity index (χ4v) is 3.91. The molecule has 6 nitrogen and oxygen atoms in total. The third-order valence-corrected chi connectivity index (χ3v) is 5.46. The second-order valence-electron chi connectivity index (χ2n) is 7.44. The minimum atomic E-state index is -0.843. The number of ketones is 1. The lowest BCUT2D eigenvalue weighted by atomic mass is 9.94. The number of aromatic nitrogens is 1. The van der Waals surface area contributed by atoms with Crippen LogP contribution in [0.2, 0.25) is 0 Å². The number of pyridine rings is 1. The summed E-state index contributed by atoms with van der Waals surface area (Å²) in [6.45, 7) is 3.81. The van der Waals surface area contributed by atoms with Crippen molar-refractivity contribution in [2.45, 2.75) is 19.9 Å². The average Bonchev–Trinajstić information content (AvgIpc) is 3.05. The summed E-state index contributed by atoms with van der Waals surface area (Å²) in [6.07, 6.45) is 3.04. The Morgan fingerprint density at radius 3 is 2.45 bits per heavy atom. The smallest absolute Gasteiger partial charge is 0.300 e. The van der Waals surface area contributed by atoms with Crippen LogP contribution >= 0.6 is 0 Å². The maximum absolute atomic E-state index is 13.3. The predicted molar refractivity (Wildman–Crippen MR) is 118 cm³/mol. The van der Waals surface area contributed by atoms with E-state index in [0.29, 0.717) is 22.6 Å². The van der Waals surface area contributed by atoms with Gasteiger partial charge in [-0.1, -0.05) is 30.3 Å². The number of para-hydroxylation sites is 1. The Labute approximate surface area is 180 Å². The molecule has 1 N–H and O–H groups in total. The first-order valence-corrected chi connectivity index (χ1v) is 9.85. The Morgan fingerprint density at radius 2 is 1.74 bits per heavy atom. The third-order valence-electron chi connectivity index (χ3n) is 5.46. The number of aliphatic hydroxyl groups is 1. The van der Waals surface area contributed by atoms with E-state index in [1.54, 1.807) is 24.3 Å². The molecule has 2 heterocycles. The van der Waals surface area contributed by atoms with Gasteiger partial charge in [-0.3, -0.25) is 19.5 Å².